The summed E-state index contributed by atoms with van der Waals surface area (Å²) in [6, 6.07) is 15.6. The van der Waals surface area contributed by atoms with Gasteiger partial charge >= 0.3 is 6.09 Å². The van der Waals surface area contributed by atoms with E-state index in [-0.39, 0.29) is 12.5 Å². The molecule has 1 N–H and O–H groups in total. The SMILES string of the molecule is CC(C)(C)OC(=O)NCC(=O)N1CCN(c2nnc(-c3ccc(Cl)cc3)c3ccccc23)CC1. The summed E-state index contributed by atoms with van der Waals surface area (Å²) in [5.74, 6) is 0.659. The van der Waals surface area contributed by atoms with Crippen LogP contribution in [0.2, 0.25) is 5.02 Å². The minimum absolute atomic E-state index is 0.0898. The van der Waals surface area contributed by atoms with E-state index in [0.29, 0.717) is 31.2 Å². The lowest BCUT2D eigenvalue weighted by atomic mass is 10.0. The maximum atomic E-state index is 12.5. The van der Waals surface area contributed by atoms with Crippen LogP contribution in [-0.2, 0) is 9.53 Å². The number of benzene rings is 2. The Kier molecular flexibility index (Phi) is 6.88. The lowest BCUT2D eigenvalue weighted by molar-refractivity contribution is -0.130. The van der Waals surface area contributed by atoms with Gasteiger partial charge in [-0.25, -0.2) is 4.79 Å². The fourth-order valence-corrected chi connectivity index (χ4v) is 4.01. The molecule has 2 aromatic carbocycles. The molecule has 8 nitrogen and oxygen atoms in total. The van der Waals surface area contributed by atoms with Crippen LogP contribution < -0.4 is 10.2 Å². The predicted octanol–water partition coefficient (Wildman–Crippen LogP) is 4.12. The summed E-state index contributed by atoms with van der Waals surface area (Å²) in [5.41, 5.74) is 1.15. The maximum Gasteiger partial charge on any atom is 0.408 e. The van der Waals surface area contributed by atoms with Gasteiger partial charge in [0.25, 0.3) is 0 Å². The van der Waals surface area contributed by atoms with Gasteiger partial charge in [-0.2, -0.15) is 0 Å². The van der Waals surface area contributed by atoms with Gasteiger partial charge in [-0.1, -0.05) is 48.0 Å². The van der Waals surface area contributed by atoms with E-state index in [1.807, 2.05) is 48.5 Å². The number of ether oxygens (including phenoxy) is 1. The van der Waals surface area contributed by atoms with Crippen molar-refractivity contribution in [2.24, 2.45) is 0 Å². The molecule has 0 aliphatic carbocycles. The van der Waals surface area contributed by atoms with Gasteiger partial charge in [0.1, 0.15) is 17.8 Å². The average Bonchev–Trinajstić information content (AvgIpc) is 2.81. The number of carbonyl (C=O) groups is 2. The fourth-order valence-electron chi connectivity index (χ4n) is 3.89. The average molecular weight is 482 g/mol. The Morgan fingerprint density at radius 2 is 1.62 bits per heavy atom. The van der Waals surface area contributed by atoms with Gasteiger partial charge in [-0.05, 0) is 32.9 Å². The Bertz CT molecular complexity index is 1190. The first-order chi connectivity index (χ1) is 16.2. The normalized spacial score (nSPS) is 14.2. The van der Waals surface area contributed by atoms with Crippen molar-refractivity contribution in [1.82, 2.24) is 20.4 Å². The molecule has 1 fully saturated rings. The summed E-state index contributed by atoms with van der Waals surface area (Å²) in [6.07, 6.45) is -0.595. The van der Waals surface area contributed by atoms with Crippen molar-refractivity contribution < 1.29 is 14.3 Å². The van der Waals surface area contributed by atoms with Crippen LogP contribution in [0.1, 0.15) is 20.8 Å². The van der Waals surface area contributed by atoms with Crippen molar-refractivity contribution in [1.29, 1.82) is 0 Å². The van der Waals surface area contributed by atoms with Gasteiger partial charge in [0.2, 0.25) is 5.91 Å². The molecule has 0 saturated carbocycles. The molecule has 0 radical (unpaired) electrons. The number of nitrogens with zero attached hydrogens (tertiary/aromatic N) is 4. The third kappa shape index (κ3) is 5.56. The molecule has 0 bridgehead atoms. The molecular weight excluding hydrogens is 454 g/mol. The summed E-state index contributed by atoms with van der Waals surface area (Å²) in [4.78, 5) is 28.3. The van der Waals surface area contributed by atoms with Crippen molar-refractivity contribution in [3.8, 4) is 11.3 Å². The Morgan fingerprint density at radius 1 is 0.971 bits per heavy atom. The zero-order valence-corrected chi connectivity index (χ0v) is 20.3. The molecule has 1 aliphatic heterocycles. The number of piperazine rings is 1. The molecule has 3 aromatic rings. The lowest BCUT2D eigenvalue weighted by Crippen LogP contribution is -2.51. The predicted molar refractivity (Wildman–Crippen MR) is 133 cm³/mol. The number of amides is 2. The number of aromatic nitrogens is 2. The van der Waals surface area contributed by atoms with Crippen molar-refractivity contribution >= 4 is 40.2 Å². The second-order valence-corrected chi connectivity index (χ2v) is 9.58. The summed E-state index contributed by atoms with van der Waals surface area (Å²) in [7, 11) is 0. The van der Waals surface area contributed by atoms with E-state index in [1.165, 1.54) is 0 Å². The molecule has 34 heavy (non-hydrogen) atoms. The largest absolute Gasteiger partial charge is 0.444 e. The van der Waals surface area contributed by atoms with Gasteiger partial charge in [0, 0.05) is 47.5 Å². The number of nitrogens with one attached hydrogen (secondary N) is 1. The fraction of sp³-hybridized carbons (Fsp3) is 0.360. The number of anilines is 1. The number of carbonyl (C=O) groups excluding carboxylic acids is 2. The Labute approximate surface area is 203 Å². The van der Waals surface area contributed by atoms with Crippen LogP contribution in [0.3, 0.4) is 0 Å². The van der Waals surface area contributed by atoms with Gasteiger partial charge in [0.15, 0.2) is 5.82 Å². The monoisotopic (exact) mass is 481 g/mol. The molecular formula is C25H28ClN5O3. The smallest absolute Gasteiger partial charge is 0.408 e. The quantitative estimate of drug-likeness (QED) is 0.603. The zero-order chi connectivity index (χ0) is 24.3. The van der Waals surface area contributed by atoms with Crippen LogP contribution in [0.4, 0.5) is 10.6 Å². The highest BCUT2D eigenvalue weighted by atomic mass is 35.5. The van der Waals surface area contributed by atoms with Crippen molar-refractivity contribution in [2.45, 2.75) is 26.4 Å². The minimum Gasteiger partial charge on any atom is -0.444 e. The van der Waals surface area contributed by atoms with Crippen LogP contribution in [0.25, 0.3) is 22.0 Å². The van der Waals surface area contributed by atoms with Gasteiger partial charge in [0.05, 0.1) is 0 Å². The number of halogens is 1. The molecule has 1 saturated heterocycles. The van der Waals surface area contributed by atoms with E-state index in [9.17, 15) is 9.59 Å². The number of rotatable bonds is 4. The van der Waals surface area contributed by atoms with Crippen molar-refractivity contribution in [3.63, 3.8) is 0 Å². The summed E-state index contributed by atoms with van der Waals surface area (Å²) in [6.45, 7) is 7.56. The Balaban J connectivity index is 1.44. The van der Waals surface area contributed by atoms with E-state index >= 15 is 0 Å². The zero-order valence-electron chi connectivity index (χ0n) is 19.5. The van der Waals surface area contributed by atoms with Crippen LogP contribution in [-0.4, -0.2) is 65.4 Å². The molecule has 1 aliphatic rings. The second kappa shape index (κ2) is 9.85. The van der Waals surface area contributed by atoms with Crippen LogP contribution in [0.15, 0.2) is 48.5 Å². The molecule has 0 atom stereocenters. The first kappa shape index (κ1) is 23.8. The van der Waals surface area contributed by atoms with E-state index in [1.54, 1.807) is 25.7 Å². The highest BCUT2D eigenvalue weighted by Gasteiger charge is 2.25. The third-order valence-corrected chi connectivity index (χ3v) is 5.75. The molecule has 2 amide bonds. The molecule has 2 heterocycles. The summed E-state index contributed by atoms with van der Waals surface area (Å²) < 4.78 is 5.19. The maximum absolute atomic E-state index is 12.5. The standard InChI is InChI=1S/C25H28ClN5O3/c1-25(2,3)34-24(33)27-16-21(32)30-12-14-31(15-13-30)23-20-7-5-4-6-19(20)22(28-29-23)17-8-10-18(26)11-9-17/h4-11H,12-16H2,1-3H3,(H,27,33). The number of hydrogen-bond acceptors (Lipinski definition) is 6. The van der Waals surface area contributed by atoms with E-state index in [0.717, 1.165) is 27.8 Å². The molecule has 4 rings (SSSR count). The van der Waals surface area contributed by atoms with Crippen molar-refractivity contribution in [3.05, 3.63) is 53.6 Å². The van der Waals surface area contributed by atoms with Gasteiger partial charge in [-0.15, -0.1) is 10.2 Å². The van der Waals surface area contributed by atoms with E-state index < -0.39 is 11.7 Å². The van der Waals surface area contributed by atoms with Crippen LogP contribution in [0, 0.1) is 0 Å². The Hall–Kier alpha value is -3.39. The van der Waals surface area contributed by atoms with Gasteiger partial charge < -0.3 is 19.9 Å². The number of fused-ring (bicyclic) bond motifs is 1. The number of alkyl carbamates (subject to hydrolysis) is 1. The first-order valence-corrected chi connectivity index (χ1v) is 11.6. The summed E-state index contributed by atoms with van der Waals surface area (Å²) >= 11 is 6.04. The van der Waals surface area contributed by atoms with Crippen LogP contribution >= 0.6 is 11.6 Å². The highest BCUT2D eigenvalue weighted by molar-refractivity contribution is 6.30. The summed E-state index contributed by atoms with van der Waals surface area (Å²) in [5, 5.41) is 14.3. The molecule has 0 unspecified atom stereocenters. The lowest BCUT2D eigenvalue weighted by Gasteiger charge is -2.35. The topological polar surface area (TPSA) is 87.7 Å². The van der Waals surface area contributed by atoms with E-state index in [2.05, 4.69) is 20.4 Å². The Morgan fingerprint density at radius 3 is 2.26 bits per heavy atom. The second-order valence-electron chi connectivity index (χ2n) is 9.15. The van der Waals surface area contributed by atoms with Crippen molar-refractivity contribution in [2.75, 3.05) is 37.6 Å². The molecule has 178 valence electrons. The molecule has 9 heteroatoms. The molecule has 0 spiro atoms. The number of hydrogen-bond donors (Lipinski definition) is 1. The van der Waals surface area contributed by atoms with E-state index in [4.69, 9.17) is 16.3 Å². The minimum atomic E-state index is -0.605. The first-order valence-electron chi connectivity index (χ1n) is 11.2. The van der Waals surface area contributed by atoms with Gasteiger partial charge in [-0.3, -0.25) is 4.79 Å². The van der Waals surface area contributed by atoms with Crippen LogP contribution in [0.5, 0.6) is 0 Å². The third-order valence-electron chi connectivity index (χ3n) is 5.50. The highest BCUT2D eigenvalue weighted by Crippen LogP contribution is 2.32. The molecule has 1 aromatic heterocycles.